The molecule has 0 atom stereocenters. The standard InChI is InChI=1S/C20H24F2N2O4S2/c1-23(2)30(27,28)19-9-3-15(4-10-19)11-12-29(25,26)24(18-7-8-18)14-16-5-6-17(21)13-20(16)22/h3-6,9-10,13,18H,7-8,11-12,14H2,1-2H3. The van der Waals surface area contributed by atoms with Crippen molar-refractivity contribution in [2.45, 2.75) is 36.7 Å². The molecule has 0 N–H and O–H groups in total. The monoisotopic (exact) mass is 458 g/mol. The van der Waals surface area contributed by atoms with Gasteiger partial charge in [0.2, 0.25) is 20.0 Å². The highest BCUT2D eigenvalue weighted by molar-refractivity contribution is 7.89. The normalized spacial score (nSPS) is 15.1. The van der Waals surface area contributed by atoms with E-state index < -0.39 is 31.7 Å². The molecule has 0 aliphatic heterocycles. The fourth-order valence-corrected chi connectivity index (χ4v) is 5.67. The lowest BCUT2D eigenvalue weighted by Gasteiger charge is -2.22. The van der Waals surface area contributed by atoms with Crippen LogP contribution < -0.4 is 0 Å². The second-order valence-corrected chi connectivity index (χ2v) is 11.7. The van der Waals surface area contributed by atoms with Gasteiger partial charge in [-0.1, -0.05) is 18.2 Å². The lowest BCUT2D eigenvalue weighted by atomic mass is 10.2. The van der Waals surface area contributed by atoms with Gasteiger partial charge in [0.1, 0.15) is 11.6 Å². The lowest BCUT2D eigenvalue weighted by Crippen LogP contribution is -2.35. The Morgan fingerprint density at radius 2 is 1.60 bits per heavy atom. The van der Waals surface area contributed by atoms with Crippen LogP contribution in [0.5, 0.6) is 0 Å². The number of halogens is 2. The first kappa shape index (κ1) is 22.8. The molecule has 30 heavy (non-hydrogen) atoms. The summed E-state index contributed by atoms with van der Waals surface area (Å²) in [6.07, 6.45) is 1.61. The Morgan fingerprint density at radius 3 is 2.13 bits per heavy atom. The zero-order chi connectivity index (χ0) is 22.1. The first-order valence-corrected chi connectivity index (χ1v) is 12.5. The molecule has 0 aromatic heterocycles. The molecule has 2 aromatic rings. The van der Waals surface area contributed by atoms with Gasteiger partial charge in [-0.15, -0.1) is 0 Å². The van der Waals surface area contributed by atoms with Gasteiger partial charge in [-0.3, -0.25) is 0 Å². The molecule has 10 heteroatoms. The Bertz CT molecular complexity index is 1110. The van der Waals surface area contributed by atoms with Gasteiger partial charge < -0.3 is 0 Å². The molecule has 2 aromatic carbocycles. The largest absolute Gasteiger partial charge is 0.242 e. The molecule has 164 valence electrons. The first-order valence-electron chi connectivity index (χ1n) is 9.45. The van der Waals surface area contributed by atoms with Gasteiger partial charge >= 0.3 is 0 Å². The molecule has 0 heterocycles. The highest BCUT2D eigenvalue weighted by Crippen LogP contribution is 2.32. The van der Waals surface area contributed by atoms with Crippen LogP contribution in [-0.2, 0) is 33.0 Å². The van der Waals surface area contributed by atoms with Crippen molar-refractivity contribution in [3.8, 4) is 0 Å². The number of rotatable bonds is 9. The van der Waals surface area contributed by atoms with Crippen LogP contribution in [0.4, 0.5) is 8.78 Å². The van der Waals surface area contributed by atoms with E-state index in [4.69, 9.17) is 0 Å². The van der Waals surface area contributed by atoms with E-state index in [1.807, 2.05) is 0 Å². The maximum absolute atomic E-state index is 14.0. The number of nitrogens with zero attached hydrogens (tertiary/aromatic N) is 2. The van der Waals surface area contributed by atoms with Crippen molar-refractivity contribution in [3.05, 3.63) is 65.2 Å². The van der Waals surface area contributed by atoms with E-state index in [0.29, 0.717) is 18.4 Å². The summed E-state index contributed by atoms with van der Waals surface area (Å²) >= 11 is 0. The third-order valence-electron chi connectivity index (χ3n) is 5.00. The highest BCUT2D eigenvalue weighted by atomic mass is 32.2. The van der Waals surface area contributed by atoms with Crippen molar-refractivity contribution in [2.75, 3.05) is 19.8 Å². The smallest absolute Gasteiger partial charge is 0.212 e. The first-order chi connectivity index (χ1) is 14.0. The predicted molar refractivity (Wildman–Crippen MR) is 110 cm³/mol. The van der Waals surface area contributed by atoms with Gasteiger partial charge in [-0.05, 0) is 43.0 Å². The summed E-state index contributed by atoms with van der Waals surface area (Å²) in [6, 6.07) is 9.02. The molecule has 1 aliphatic rings. The minimum absolute atomic E-state index is 0.130. The molecular formula is C20H24F2N2O4S2. The summed E-state index contributed by atoms with van der Waals surface area (Å²) in [6.45, 7) is -0.140. The van der Waals surface area contributed by atoms with Crippen molar-refractivity contribution in [2.24, 2.45) is 0 Å². The Morgan fingerprint density at radius 1 is 0.967 bits per heavy atom. The van der Waals surface area contributed by atoms with E-state index in [-0.39, 0.29) is 35.2 Å². The molecule has 0 saturated heterocycles. The Hall–Kier alpha value is -1.88. The van der Waals surface area contributed by atoms with E-state index in [9.17, 15) is 25.6 Å². The predicted octanol–water partition coefficient (Wildman–Crippen LogP) is 2.75. The summed E-state index contributed by atoms with van der Waals surface area (Å²) in [4.78, 5) is 0.130. The number of sulfonamides is 2. The molecule has 0 radical (unpaired) electrons. The molecule has 0 amide bonds. The third-order valence-corrected chi connectivity index (χ3v) is 8.69. The maximum atomic E-state index is 14.0. The van der Waals surface area contributed by atoms with Gasteiger partial charge in [-0.25, -0.2) is 29.9 Å². The van der Waals surface area contributed by atoms with Crippen molar-refractivity contribution in [1.29, 1.82) is 0 Å². The Balaban J connectivity index is 1.71. The molecule has 0 unspecified atom stereocenters. The van der Waals surface area contributed by atoms with E-state index in [1.165, 1.54) is 36.6 Å². The summed E-state index contributed by atoms with van der Waals surface area (Å²) in [5.74, 6) is -1.67. The Labute approximate surface area is 176 Å². The molecule has 1 aliphatic carbocycles. The number of hydrogen-bond acceptors (Lipinski definition) is 4. The van der Waals surface area contributed by atoms with Crippen LogP contribution in [0.15, 0.2) is 47.4 Å². The van der Waals surface area contributed by atoms with E-state index in [2.05, 4.69) is 0 Å². The maximum Gasteiger partial charge on any atom is 0.242 e. The van der Waals surface area contributed by atoms with Gasteiger partial charge in [0.05, 0.1) is 10.6 Å². The van der Waals surface area contributed by atoms with E-state index in [0.717, 1.165) is 16.4 Å². The van der Waals surface area contributed by atoms with E-state index in [1.54, 1.807) is 12.1 Å². The molecule has 1 saturated carbocycles. The van der Waals surface area contributed by atoms with Gasteiger partial charge in [-0.2, -0.15) is 4.31 Å². The lowest BCUT2D eigenvalue weighted by molar-refractivity contribution is 0.391. The summed E-state index contributed by atoms with van der Waals surface area (Å²) in [5.41, 5.74) is 0.810. The van der Waals surface area contributed by atoms with Crippen LogP contribution in [0.1, 0.15) is 24.0 Å². The molecular weight excluding hydrogens is 434 g/mol. The van der Waals surface area contributed by atoms with Crippen LogP contribution in [0.2, 0.25) is 0 Å². The fraction of sp³-hybridized carbons (Fsp3) is 0.400. The summed E-state index contributed by atoms with van der Waals surface area (Å²) < 4.78 is 79.6. The topological polar surface area (TPSA) is 74.8 Å². The van der Waals surface area contributed by atoms with Crippen molar-refractivity contribution in [1.82, 2.24) is 8.61 Å². The molecule has 1 fully saturated rings. The minimum atomic E-state index is -3.69. The highest BCUT2D eigenvalue weighted by Gasteiger charge is 2.37. The van der Waals surface area contributed by atoms with Gasteiger partial charge in [0.25, 0.3) is 0 Å². The van der Waals surface area contributed by atoms with Crippen molar-refractivity contribution >= 4 is 20.0 Å². The minimum Gasteiger partial charge on any atom is -0.212 e. The molecule has 3 rings (SSSR count). The van der Waals surface area contributed by atoms with Crippen LogP contribution in [0.25, 0.3) is 0 Å². The quantitative estimate of drug-likeness (QED) is 0.579. The van der Waals surface area contributed by atoms with Crippen LogP contribution >= 0.6 is 0 Å². The van der Waals surface area contributed by atoms with Crippen molar-refractivity contribution in [3.63, 3.8) is 0 Å². The third kappa shape index (κ3) is 5.23. The summed E-state index contributed by atoms with van der Waals surface area (Å²) in [7, 11) is -4.36. The second-order valence-electron chi connectivity index (χ2n) is 7.51. The summed E-state index contributed by atoms with van der Waals surface area (Å²) in [5, 5.41) is 0. The van der Waals surface area contributed by atoms with Gasteiger partial charge in [0, 0.05) is 38.3 Å². The van der Waals surface area contributed by atoms with Crippen molar-refractivity contribution < 1.29 is 25.6 Å². The van der Waals surface area contributed by atoms with Crippen LogP contribution in [-0.4, -0.2) is 51.3 Å². The SMILES string of the molecule is CN(C)S(=O)(=O)c1ccc(CCS(=O)(=O)N(Cc2ccc(F)cc2F)C2CC2)cc1. The number of benzene rings is 2. The van der Waals surface area contributed by atoms with E-state index >= 15 is 0 Å². The van der Waals surface area contributed by atoms with Crippen LogP contribution in [0, 0.1) is 11.6 Å². The zero-order valence-corrected chi connectivity index (χ0v) is 18.4. The Kier molecular flexibility index (Phi) is 6.61. The fourth-order valence-electron chi connectivity index (χ4n) is 3.04. The second kappa shape index (κ2) is 8.70. The van der Waals surface area contributed by atoms with Gasteiger partial charge in [0.15, 0.2) is 0 Å². The average molecular weight is 459 g/mol. The van der Waals surface area contributed by atoms with Crippen LogP contribution in [0.3, 0.4) is 0 Å². The molecule has 6 nitrogen and oxygen atoms in total. The molecule has 0 bridgehead atoms. The number of aryl methyl sites for hydroxylation is 1. The molecule has 0 spiro atoms. The zero-order valence-electron chi connectivity index (χ0n) is 16.8. The number of hydrogen-bond donors (Lipinski definition) is 0. The average Bonchev–Trinajstić information content (AvgIpc) is 3.51.